The lowest BCUT2D eigenvalue weighted by Gasteiger charge is -1.80. The van der Waals surface area contributed by atoms with Gasteiger partial charge in [-0.3, -0.25) is 4.79 Å². The van der Waals surface area contributed by atoms with E-state index in [9.17, 15) is 4.79 Å². The molecule has 74 valence electrons. The molecule has 0 aliphatic carbocycles. The summed E-state index contributed by atoms with van der Waals surface area (Å²) in [5, 5.41) is -0.560. The highest BCUT2D eigenvalue weighted by molar-refractivity contribution is 6.67. The van der Waals surface area contributed by atoms with Crippen LogP contribution in [0.3, 0.4) is 0 Å². The molecule has 0 bridgehead atoms. The molecule has 1 rings (SSSR count). The van der Waals surface area contributed by atoms with Crippen molar-refractivity contribution in [1.29, 1.82) is 0 Å². The van der Waals surface area contributed by atoms with E-state index in [1.807, 2.05) is 0 Å². The number of carbonyl (C=O) groups excluding carboxylic acids is 1. The van der Waals surface area contributed by atoms with E-state index in [0.717, 1.165) is 6.54 Å². The minimum atomic E-state index is -0.560. The van der Waals surface area contributed by atoms with Gasteiger partial charge in [0.05, 0.1) is 6.26 Å². The number of unbranched alkanes of at least 4 members (excludes halogenated alkanes) is 1. The number of carbonyl (C=O) groups is 1. The first-order chi connectivity index (χ1) is 6.22. The number of furan rings is 1. The maximum Gasteiger partial charge on any atom is 0.287 e. The van der Waals surface area contributed by atoms with Crippen LogP contribution in [0.25, 0.3) is 0 Å². The van der Waals surface area contributed by atoms with E-state index in [1.54, 1.807) is 6.07 Å². The molecular formula is C9H14ClNO2. The van der Waals surface area contributed by atoms with E-state index < -0.39 is 5.24 Å². The smallest absolute Gasteiger partial charge is 0.287 e. The van der Waals surface area contributed by atoms with Crippen molar-refractivity contribution in [2.75, 3.05) is 6.54 Å². The minimum absolute atomic E-state index is 0.187. The Morgan fingerprint density at radius 1 is 1.69 bits per heavy atom. The predicted molar refractivity (Wildman–Crippen MR) is 52.9 cm³/mol. The average Bonchev–Trinajstić information content (AvgIpc) is 2.58. The Labute approximate surface area is 82.9 Å². The van der Waals surface area contributed by atoms with Crippen LogP contribution in [0.15, 0.2) is 22.8 Å². The Balaban J connectivity index is 0.000000252. The van der Waals surface area contributed by atoms with Crippen LogP contribution in [-0.4, -0.2) is 11.8 Å². The molecule has 0 saturated heterocycles. The van der Waals surface area contributed by atoms with Crippen LogP contribution in [0.5, 0.6) is 0 Å². The topological polar surface area (TPSA) is 56.2 Å². The maximum absolute atomic E-state index is 10.2. The third kappa shape index (κ3) is 6.37. The predicted octanol–water partition coefficient (Wildman–Crippen LogP) is 2.40. The molecule has 2 N–H and O–H groups in total. The van der Waals surface area contributed by atoms with Gasteiger partial charge in [0, 0.05) is 0 Å². The molecule has 0 fully saturated rings. The molecule has 0 aliphatic heterocycles. The van der Waals surface area contributed by atoms with Crippen LogP contribution < -0.4 is 5.73 Å². The molecule has 3 nitrogen and oxygen atoms in total. The molecule has 0 amide bonds. The first-order valence-corrected chi connectivity index (χ1v) is 4.53. The van der Waals surface area contributed by atoms with Crippen LogP contribution in [-0.2, 0) is 0 Å². The van der Waals surface area contributed by atoms with Gasteiger partial charge in [0.25, 0.3) is 5.24 Å². The number of hydrogen-bond acceptors (Lipinski definition) is 3. The summed E-state index contributed by atoms with van der Waals surface area (Å²) in [5.74, 6) is 0.187. The summed E-state index contributed by atoms with van der Waals surface area (Å²) >= 11 is 5.01. The maximum atomic E-state index is 10.2. The van der Waals surface area contributed by atoms with Crippen molar-refractivity contribution >= 4 is 16.8 Å². The lowest BCUT2D eigenvalue weighted by atomic mass is 10.3. The molecule has 0 unspecified atom stereocenters. The van der Waals surface area contributed by atoms with E-state index in [-0.39, 0.29) is 5.76 Å². The van der Waals surface area contributed by atoms with Gasteiger partial charge < -0.3 is 10.2 Å². The fourth-order valence-corrected chi connectivity index (χ4v) is 0.702. The normalized spacial score (nSPS) is 8.85. The van der Waals surface area contributed by atoms with Crippen LogP contribution in [0.2, 0.25) is 0 Å². The van der Waals surface area contributed by atoms with Gasteiger partial charge >= 0.3 is 0 Å². The van der Waals surface area contributed by atoms with Crippen molar-refractivity contribution in [3.8, 4) is 0 Å². The average molecular weight is 204 g/mol. The minimum Gasteiger partial charge on any atom is -0.460 e. The summed E-state index contributed by atoms with van der Waals surface area (Å²) in [6.45, 7) is 2.98. The monoisotopic (exact) mass is 203 g/mol. The van der Waals surface area contributed by atoms with Gasteiger partial charge in [-0.2, -0.15) is 0 Å². The first-order valence-electron chi connectivity index (χ1n) is 4.15. The molecule has 0 radical (unpaired) electrons. The van der Waals surface area contributed by atoms with Crippen molar-refractivity contribution in [2.24, 2.45) is 5.73 Å². The van der Waals surface area contributed by atoms with Gasteiger partial charge in [-0.15, -0.1) is 0 Å². The van der Waals surface area contributed by atoms with E-state index in [1.165, 1.54) is 25.2 Å². The highest BCUT2D eigenvalue weighted by atomic mass is 35.5. The quantitative estimate of drug-likeness (QED) is 0.768. The highest BCUT2D eigenvalue weighted by Crippen LogP contribution is 2.02. The van der Waals surface area contributed by atoms with Gasteiger partial charge in [-0.1, -0.05) is 13.3 Å². The summed E-state index contributed by atoms with van der Waals surface area (Å²) in [4.78, 5) is 10.2. The Morgan fingerprint density at radius 2 is 2.38 bits per heavy atom. The molecule has 13 heavy (non-hydrogen) atoms. The second-order valence-electron chi connectivity index (χ2n) is 2.39. The number of halogens is 1. The summed E-state index contributed by atoms with van der Waals surface area (Å²) in [6, 6.07) is 3.12. The summed E-state index contributed by atoms with van der Waals surface area (Å²) in [7, 11) is 0. The van der Waals surface area contributed by atoms with Gasteiger partial charge in [0.15, 0.2) is 5.76 Å². The fourth-order valence-electron chi connectivity index (χ4n) is 0.595. The second kappa shape index (κ2) is 7.83. The zero-order valence-electron chi connectivity index (χ0n) is 7.63. The van der Waals surface area contributed by atoms with Gasteiger partial charge in [-0.25, -0.2) is 0 Å². The fraction of sp³-hybridized carbons (Fsp3) is 0.444. The lowest BCUT2D eigenvalue weighted by Crippen LogP contribution is -1.95. The largest absolute Gasteiger partial charge is 0.460 e. The summed E-state index contributed by atoms with van der Waals surface area (Å²) in [5.41, 5.74) is 5.14. The molecular weight excluding hydrogens is 190 g/mol. The molecule has 0 saturated carbocycles. The zero-order chi connectivity index (χ0) is 10.1. The van der Waals surface area contributed by atoms with Crippen LogP contribution in [0.1, 0.15) is 30.3 Å². The van der Waals surface area contributed by atoms with Crippen LogP contribution in [0, 0.1) is 0 Å². The molecule has 0 aromatic carbocycles. The van der Waals surface area contributed by atoms with E-state index >= 15 is 0 Å². The van der Waals surface area contributed by atoms with E-state index in [4.69, 9.17) is 17.3 Å². The number of nitrogens with two attached hydrogens (primary N) is 1. The Kier molecular flexibility index (Phi) is 7.35. The summed E-state index contributed by atoms with van der Waals surface area (Å²) in [6.07, 6.45) is 3.78. The third-order valence-corrected chi connectivity index (χ3v) is 1.46. The molecule has 1 aromatic heterocycles. The highest BCUT2D eigenvalue weighted by Gasteiger charge is 2.00. The Hall–Kier alpha value is -0.800. The van der Waals surface area contributed by atoms with Crippen molar-refractivity contribution in [1.82, 2.24) is 0 Å². The second-order valence-corrected chi connectivity index (χ2v) is 2.74. The number of rotatable bonds is 3. The van der Waals surface area contributed by atoms with Gasteiger partial charge in [-0.05, 0) is 36.7 Å². The molecule has 4 heteroatoms. The Morgan fingerprint density at radius 3 is 2.54 bits per heavy atom. The number of hydrogen-bond donors (Lipinski definition) is 1. The molecule has 0 atom stereocenters. The van der Waals surface area contributed by atoms with Crippen molar-refractivity contribution in [3.63, 3.8) is 0 Å². The molecule has 0 spiro atoms. The van der Waals surface area contributed by atoms with Crippen molar-refractivity contribution in [3.05, 3.63) is 24.2 Å². The first kappa shape index (κ1) is 12.2. The van der Waals surface area contributed by atoms with Crippen molar-refractivity contribution in [2.45, 2.75) is 19.8 Å². The van der Waals surface area contributed by atoms with E-state index in [2.05, 4.69) is 11.3 Å². The van der Waals surface area contributed by atoms with E-state index in [0.29, 0.717) is 0 Å². The summed E-state index contributed by atoms with van der Waals surface area (Å²) < 4.78 is 4.61. The SMILES string of the molecule is CCCCN.O=C(Cl)c1ccco1. The standard InChI is InChI=1S/C5H3ClO2.C4H11N/c6-5(7)4-2-1-3-8-4;1-2-3-4-5/h1-3H;2-5H2,1H3. The third-order valence-electron chi connectivity index (χ3n) is 1.27. The van der Waals surface area contributed by atoms with Gasteiger partial charge in [0.2, 0.25) is 0 Å². The van der Waals surface area contributed by atoms with Gasteiger partial charge in [0.1, 0.15) is 0 Å². The molecule has 1 aromatic rings. The Bertz CT molecular complexity index is 220. The van der Waals surface area contributed by atoms with Crippen LogP contribution >= 0.6 is 11.6 Å². The van der Waals surface area contributed by atoms with Crippen LogP contribution in [0.4, 0.5) is 0 Å². The van der Waals surface area contributed by atoms with Crippen molar-refractivity contribution < 1.29 is 9.21 Å². The zero-order valence-corrected chi connectivity index (χ0v) is 8.38. The molecule has 1 heterocycles. The lowest BCUT2D eigenvalue weighted by molar-refractivity contribution is 0.105. The molecule has 0 aliphatic rings.